The largest absolute Gasteiger partial charge is 0.442 e. The fourth-order valence-electron chi connectivity index (χ4n) is 0.975. The van der Waals surface area contributed by atoms with Crippen molar-refractivity contribution in [3.05, 3.63) is 12.7 Å². The number of aliphatic hydroxyl groups excluding tert-OH is 1. The van der Waals surface area contributed by atoms with Gasteiger partial charge in [-0.2, -0.15) is 0 Å². The molecule has 1 atom stereocenters. The van der Waals surface area contributed by atoms with Gasteiger partial charge in [-0.05, 0) is 0 Å². The quantitative estimate of drug-likeness (QED) is 0.586. The number of hydrogen-bond donors (Lipinski definition) is 1. The minimum absolute atomic E-state index is 0.112. The normalized spacial score (nSPS) is 23.5. The summed E-state index contributed by atoms with van der Waals surface area (Å²) in [5, 5.41) is 8.64. The average Bonchev–Trinajstić information content (AvgIpc) is 2.33. The second kappa shape index (κ2) is 3.39. The van der Waals surface area contributed by atoms with Gasteiger partial charge in [0.2, 0.25) is 0 Å². The Hall–Kier alpha value is -1.03. The molecule has 0 aliphatic carbocycles. The molecule has 1 N–H and O–H groups in total. The van der Waals surface area contributed by atoms with Crippen LogP contribution in [0.25, 0.3) is 0 Å². The maximum atomic E-state index is 10.9. The highest BCUT2D eigenvalue weighted by Gasteiger charge is 2.29. The fourth-order valence-corrected chi connectivity index (χ4v) is 0.975. The molecule has 62 valence electrons. The zero-order valence-corrected chi connectivity index (χ0v) is 6.19. The Morgan fingerprint density at radius 3 is 3.09 bits per heavy atom. The molecular formula is C7H11NO3. The maximum absolute atomic E-state index is 10.9. The lowest BCUT2D eigenvalue weighted by Gasteiger charge is -2.07. The monoisotopic (exact) mass is 157 g/mol. The van der Waals surface area contributed by atoms with E-state index in [0.717, 1.165) is 0 Å². The van der Waals surface area contributed by atoms with Crippen molar-refractivity contribution >= 4 is 6.09 Å². The molecule has 1 aliphatic heterocycles. The van der Waals surface area contributed by atoms with Gasteiger partial charge in [0.05, 0.1) is 13.2 Å². The molecule has 1 heterocycles. The first-order chi connectivity index (χ1) is 5.27. The summed E-state index contributed by atoms with van der Waals surface area (Å²) in [6.07, 6.45) is 0.896. The number of cyclic esters (lactones) is 1. The minimum Gasteiger partial charge on any atom is -0.442 e. The van der Waals surface area contributed by atoms with Gasteiger partial charge in [-0.15, -0.1) is 6.58 Å². The summed E-state index contributed by atoms with van der Waals surface area (Å²) in [6, 6.07) is 0. The van der Waals surface area contributed by atoms with E-state index in [4.69, 9.17) is 9.84 Å². The molecule has 0 radical (unpaired) electrons. The van der Waals surface area contributed by atoms with Gasteiger partial charge in [-0.3, -0.25) is 0 Å². The first-order valence-electron chi connectivity index (χ1n) is 3.45. The number of nitrogens with zero attached hydrogens (tertiary/aromatic N) is 1. The van der Waals surface area contributed by atoms with Crippen LogP contribution in [0.2, 0.25) is 0 Å². The molecule has 0 saturated carbocycles. The van der Waals surface area contributed by atoms with Gasteiger partial charge < -0.3 is 14.7 Å². The molecule has 1 fully saturated rings. The number of rotatable bonds is 3. The number of carbonyl (C=O) groups excluding carboxylic acids is 1. The molecule has 1 saturated heterocycles. The second-order valence-corrected chi connectivity index (χ2v) is 2.38. The van der Waals surface area contributed by atoms with Gasteiger partial charge in [0.1, 0.15) is 6.10 Å². The highest BCUT2D eigenvalue weighted by Crippen LogP contribution is 2.09. The molecular weight excluding hydrogens is 146 g/mol. The summed E-state index contributed by atoms with van der Waals surface area (Å²) >= 11 is 0. The van der Waals surface area contributed by atoms with Gasteiger partial charge in [0.15, 0.2) is 0 Å². The lowest BCUT2D eigenvalue weighted by atomic mass is 10.4. The Balaban J connectivity index is 2.44. The van der Waals surface area contributed by atoms with Crippen LogP contribution >= 0.6 is 0 Å². The highest BCUT2D eigenvalue weighted by molar-refractivity contribution is 5.70. The van der Waals surface area contributed by atoms with Crippen LogP contribution in [0.1, 0.15) is 0 Å². The van der Waals surface area contributed by atoms with Gasteiger partial charge in [0, 0.05) is 6.54 Å². The highest BCUT2D eigenvalue weighted by atomic mass is 16.6. The third-order valence-electron chi connectivity index (χ3n) is 1.50. The van der Waals surface area contributed by atoms with E-state index in [1.807, 2.05) is 0 Å². The number of carbonyl (C=O) groups is 1. The fraction of sp³-hybridized carbons (Fsp3) is 0.571. The SMILES string of the molecule is C=CCN1CC(CO)OC1=O. The van der Waals surface area contributed by atoms with Crippen molar-refractivity contribution in [2.24, 2.45) is 0 Å². The number of ether oxygens (including phenoxy) is 1. The summed E-state index contributed by atoms with van der Waals surface area (Å²) < 4.78 is 4.76. The van der Waals surface area contributed by atoms with E-state index in [2.05, 4.69) is 6.58 Å². The Morgan fingerprint density at radius 1 is 1.91 bits per heavy atom. The predicted molar refractivity (Wildman–Crippen MR) is 39.1 cm³/mol. The van der Waals surface area contributed by atoms with Crippen molar-refractivity contribution < 1.29 is 14.6 Å². The standard InChI is InChI=1S/C7H11NO3/c1-2-3-8-4-6(5-9)11-7(8)10/h2,6,9H,1,3-5H2. The third-order valence-corrected chi connectivity index (χ3v) is 1.50. The van der Waals surface area contributed by atoms with Gasteiger partial charge >= 0.3 is 6.09 Å². The first kappa shape index (κ1) is 8.07. The molecule has 1 aliphatic rings. The zero-order chi connectivity index (χ0) is 8.27. The Morgan fingerprint density at radius 2 is 2.64 bits per heavy atom. The molecule has 4 heteroatoms. The molecule has 0 aromatic heterocycles. The van der Waals surface area contributed by atoms with Gasteiger partial charge in [-0.1, -0.05) is 6.08 Å². The van der Waals surface area contributed by atoms with E-state index < -0.39 is 0 Å². The topological polar surface area (TPSA) is 49.8 Å². The molecule has 1 amide bonds. The van der Waals surface area contributed by atoms with Crippen LogP contribution in [-0.2, 0) is 4.74 Å². The van der Waals surface area contributed by atoms with E-state index >= 15 is 0 Å². The summed E-state index contributed by atoms with van der Waals surface area (Å²) in [5.41, 5.74) is 0. The average molecular weight is 157 g/mol. The molecule has 0 aromatic carbocycles. The van der Waals surface area contributed by atoms with E-state index in [0.29, 0.717) is 13.1 Å². The van der Waals surface area contributed by atoms with Crippen molar-refractivity contribution in [3.8, 4) is 0 Å². The van der Waals surface area contributed by atoms with Crippen molar-refractivity contribution in [1.82, 2.24) is 4.90 Å². The predicted octanol–water partition coefficient (Wildman–Crippen LogP) is -0.0145. The first-order valence-corrected chi connectivity index (χ1v) is 3.45. The van der Waals surface area contributed by atoms with Crippen LogP contribution in [0.15, 0.2) is 12.7 Å². The second-order valence-electron chi connectivity index (χ2n) is 2.38. The van der Waals surface area contributed by atoms with Crippen molar-refractivity contribution in [2.75, 3.05) is 19.7 Å². The Kier molecular flexibility index (Phi) is 2.48. The van der Waals surface area contributed by atoms with Crippen LogP contribution in [0.5, 0.6) is 0 Å². The van der Waals surface area contributed by atoms with Crippen LogP contribution < -0.4 is 0 Å². The molecule has 0 bridgehead atoms. The summed E-state index contributed by atoms with van der Waals surface area (Å²) in [6.45, 7) is 4.33. The summed E-state index contributed by atoms with van der Waals surface area (Å²) in [7, 11) is 0. The molecule has 1 rings (SSSR count). The molecule has 1 unspecified atom stereocenters. The van der Waals surface area contributed by atoms with Crippen molar-refractivity contribution in [2.45, 2.75) is 6.10 Å². The lowest BCUT2D eigenvalue weighted by Crippen LogP contribution is -2.25. The number of aliphatic hydroxyl groups is 1. The maximum Gasteiger partial charge on any atom is 0.410 e. The van der Waals surface area contributed by atoms with Crippen molar-refractivity contribution in [1.29, 1.82) is 0 Å². The van der Waals surface area contributed by atoms with E-state index in [1.165, 1.54) is 4.90 Å². The van der Waals surface area contributed by atoms with Gasteiger partial charge in [0.25, 0.3) is 0 Å². The van der Waals surface area contributed by atoms with Crippen molar-refractivity contribution in [3.63, 3.8) is 0 Å². The summed E-state index contributed by atoms with van der Waals surface area (Å²) in [4.78, 5) is 12.4. The smallest absolute Gasteiger partial charge is 0.410 e. The number of amides is 1. The molecule has 4 nitrogen and oxygen atoms in total. The Bertz CT molecular complexity index is 169. The number of hydrogen-bond acceptors (Lipinski definition) is 3. The molecule has 11 heavy (non-hydrogen) atoms. The van der Waals surface area contributed by atoms with E-state index in [-0.39, 0.29) is 18.8 Å². The zero-order valence-electron chi connectivity index (χ0n) is 6.19. The van der Waals surface area contributed by atoms with E-state index in [9.17, 15) is 4.79 Å². The van der Waals surface area contributed by atoms with Gasteiger partial charge in [-0.25, -0.2) is 4.79 Å². The lowest BCUT2D eigenvalue weighted by molar-refractivity contribution is 0.0949. The van der Waals surface area contributed by atoms with Crippen LogP contribution in [0, 0.1) is 0 Å². The van der Waals surface area contributed by atoms with E-state index in [1.54, 1.807) is 6.08 Å². The molecule has 0 spiro atoms. The van der Waals surface area contributed by atoms with Crippen LogP contribution in [0.3, 0.4) is 0 Å². The third kappa shape index (κ3) is 1.71. The Labute approximate surface area is 65.1 Å². The minimum atomic E-state index is -0.371. The van der Waals surface area contributed by atoms with Crippen LogP contribution in [0.4, 0.5) is 4.79 Å². The summed E-state index contributed by atoms with van der Waals surface area (Å²) in [5.74, 6) is 0. The van der Waals surface area contributed by atoms with Crippen LogP contribution in [-0.4, -0.2) is 41.9 Å². The molecule has 0 aromatic rings.